The molecular weight excluding hydrogens is 402 g/mol. The van der Waals surface area contributed by atoms with Crippen LogP contribution in [0.5, 0.6) is 0 Å². The van der Waals surface area contributed by atoms with Crippen LogP contribution in [0, 0.1) is 0 Å². The Morgan fingerprint density at radius 1 is 0.500 bits per heavy atom. The van der Waals surface area contributed by atoms with Crippen LogP contribution in [0.2, 0.25) is 0 Å². The molecule has 2 heterocycles. The monoisotopic (exact) mass is 420 g/mol. The summed E-state index contributed by atoms with van der Waals surface area (Å²) in [5.41, 5.74) is 5.20. The molecule has 3 aromatic carbocycles. The van der Waals surface area contributed by atoms with E-state index in [9.17, 15) is 20.1 Å². The number of aromatic nitrogens is 2. The van der Waals surface area contributed by atoms with Gasteiger partial charge in [-0.2, -0.15) is 0 Å². The second-order valence-corrected chi connectivity index (χ2v) is 7.60. The van der Waals surface area contributed by atoms with E-state index in [2.05, 4.69) is 0 Å². The van der Waals surface area contributed by atoms with Gasteiger partial charge in [-0.25, -0.2) is 9.97 Å². The molecule has 8 heteroatoms. The molecule has 0 bridgehead atoms. The molecule has 5 rings (SSSR count). The molecule has 0 saturated heterocycles. The summed E-state index contributed by atoms with van der Waals surface area (Å²) in [7, 11) is -3.10. The summed E-state index contributed by atoms with van der Waals surface area (Å²) in [5, 5.41) is 39.8. The maximum atomic E-state index is 9.49. The van der Waals surface area contributed by atoms with Gasteiger partial charge in [0.2, 0.25) is 0 Å². The largest absolute Gasteiger partial charge is 0.488 e. The quantitative estimate of drug-likeness (QED) is 0.259. The van der Waals surface area contributed by atoms with Crippen molar-refractivity contribution in [2.75, 3.05) is 0 Å². The molecule has 2 aromatic heterocycles. The molecule has 154 valence electrons. The third kappa shape index (κ3) is 3.77. The SMILES string of the molecule is OB(O)c1cccc(-c2ccc3ccc4ccc(-c5cccc(B(O)O)c5)nc4c3n2)c1. The fourth-order valence-corrected chi connectivity index (χ4v) is 3.81. The van der Waals surface area contributed by atoms with Crippen LogP contribution in [0.3, 0.4) is 0 Å². The van der Waals surface area contributed by atoms with E-state index in [4.69, 9.17) is 9.97 Å². The van der Waals surface area contributed by atoms with Crippen molar-refractivity contribution in [3.05, 3.63) is 84.9 Å². The van der Waals surface area contributed by atoms with E-state index in [1.165, 1.54) is 0 Å². The second-order valence-electron chi connectivity index (χ2n) is 7.60. The first kappa shape index (κ1) is 20.4. The van der Waals surface area contributed by atoms with Crippen molar-refractivity contribution in [2.45, 2.75) is 0 Å². The average Bonchev–Trinajstić information content (AvgIpc) is 2.83. The van der Waals surface area contributed by atoms with Crippen LogP contribution in [0.1, 0.15) is 0 Å². The standard InChI is InChI=1S/C24H18B2N2O4/c29-25(30)19-5-1-3-17(13-19)21-11-9-15-7-8-16-10-12-22(28-24(16)23(15)27-21)18-4-2-6-20(14-18)26(31)32/h1-14,29-32H. The fraction of sp³-hybridized carbons (Fsp3) is 0. The number of fused-ring (bicyclic) bond motifs is 3. The van der Waals surface area contributed by atoms with E-state index >= 15 is 0 Å². The molecule has 0 aliphatic heterocycles. The summed E-state index contributed by atoms with van der Waals surface area (Å²) < 4.78 is 0. The van der Waals surface area contributed by atoms with Gasteiger partial charge in [0.05, 0.1) is 22.4 Å². The van der Waals surface area contributed by atoms with Gasteiger partial charge in [0, 0.05) is 10.8 Å². The topological polar surface area (TPSA) is 107 Å². The van der Waals surface area contributed by atoms with Crippen LogP contribution in [0.4, 0.5) is 0 Å². The molecule has 0 fully saturated rings. The second kappa shape index (κ2) is 8.18. The maximum absolute atomic E-state index is 9.49. The van der Waals surface area contributed by atoms with Crippen LogP contribution in [-0.2, 0) is 0 Å². The summed E-state index contributed by atoms with van der Waals surface area (Å²) in [5.74, 6) is 0. The number of benzene rings is 3. The number of rotatable bonds is 4. The van der Waals surface area contributed by atoms with Crippen LogP contribution >= 0.6 is 0 Å². The molecular formula is C24H18B2N2O4. The minimum Gasteiger partial charge on any atom is -0.423 e. The van der Waals surface area contributed by atoms with Crippen molar-refractivity contribution < 1.29 is 20.1 Å². The predicted octanol–water partition coefficient (Wildman–Crippen LogP) is 1.48. The third-order valence-corrected chi connectivity index (χ3v) is 5.48. The first-order chi connectivity index (χ1) is 15.5. The van der Waals surface area contributed by atoms with Gasteiger partial charge in [0.15, 0.2) is 0 Å². The first-order valence-electron chi connectivity index (χ1n) is 10.1. The van der Waals surface area contributed by atoms with Crippen LogP contribution in [0.25, 0.3) is 44.3 Å². The lowest BCUT2D eigenvalue weighted by atomic mass is 9.79. The summed E-state index contributed by atoms with van der Waals surface area (Å²) in [6.07, 6.45) is 0. The van der Waals surface area contributed by atoms with Crippen molar-refractivity contribution in [3.63, 3.8) is 0 Å². The number of hydrogen-bond donors (Lipinski definition) is 4. The molecule has 0 saturated carbocycles. The molecule has 0 aliphatic carbocycles. The summed E-state index contributed by atoms with van der Waals surface area (Å²) >= 11 is 0. The molecule has 32 heavy (non-hydrogen) atoms. The van der Waals surface area contributed by atoms with Gasteiger partial charge in [-0.1, -0.05) is 72.8 Å². The van der Waals surface area contributed by atoms with E-state index in [1.54, 1.807) is 36.4 Å². The van der Waals surface area contributed by atoms with Crippen molar-refractivity contribution in [1.29, 1.82) is 0 Å². The number of hydrogen-bond acceptors (Lipinski definition) is 6. The molecule has 0 radical (unpaired) electrons. The Morgan fingerprint density at radius 2 is 0.906 bits per heavy atom. The Balaban J connectivity index is 1.68. The molecule has 0 atom stereocenters. The van der Waals surface area contributed by atoms with Crippen LogP contribution < -0.4 is 10.9 Å². The van der Waals surface area contributed by atoms with Gasteiger partial charge in [-0.05, 0) is 34.2 Å². The van der Waals surface area contributed by atoms with Gasteiger partial charge < -0.3 is 20.1 Å². The Labute approximate surface area is 184 Å². The zero-order valence-corrected chi connectivity index (χ0v) is 16.9. The van der Waals surface area contributed by atoms with Gasteiger partial charge >= 0.3 is 14.2 Å². The highest BCUT2D eigenvalue weighted by molar-refractivity contribution is 6.59. The van der Waals surface area contributed by atoms with Gasteiger partial charge in [-0.3, -0.25) is 0 Å². The number of pyridine rings is 2. The van der Waals surface area contributed by atoms with Gasteiger partial charge in [0.1, 0.15) is 0 Å². The Morgan fingerprint density at radius 3 is 1.31 bits per heavy atom. The molecule has 0 aliphatic rings. The van der Waals surface area contributed by atoms with E-state index in [-0.39, 0.29) is 0 Å². The summed E-state index contributed by atoms with van der Waals surface area (Å²) in [6, 6.07) is 25.7. The average molecular weight is 420 g/mol. The van der Waals surface area contributed by atoms with Crippen molar-refractivity contribution in [3.8, 4) is 22.5 Å². The highest BCUT2D eigenvalue weighted by atomic mass is 16.4. The minimum absolute atomic E-state index is 0.397. The Hall–Kier alpha value is -3.55. The highest BCUT2D eigenvalue weighted by Gasteiger charge is 2.14. The minimum atomic E-state index is -1.55. The van der Waals surface area contributed by atoms with Crippen LogP contribution in [-0.4, -0.2) is 44.3 Å². The fourth-order valence-electron chi connectivity index (χ4n) is 3.81. The zero-order chi connectivity index (χ0) is 22.2. The van der Waals surface area contributed by atoms with Gasteiger partial charge in [-0.15, -0.1) is 0 Å². The van der Waals surface area contributed by atoms with E-state index in [0.29, 0.717) is 22.3 Å². The van der Waals surface area contributed by atoms with Crippen molar-refractivity contribution >= 4 is 47.0 Å². The molecule has 0 unspecified atom stereocenters. The zero-order valence-electron chi connectivity index (χ0n) is 16.9. The smallest absolute Gasteiger partial charge is 0.423 e. The predicted molar refractivity (Wildman–Crippen MR) is 128 cm³/mol. The summed E-state index contributed by atoms with van der Waals surface area (Å²) in [6.45, 7) is 0. The lowest BCUT2D eigenvalue weighted by molar-refractivity contribution is 0.424. The van der Waals surface area contributed by atoms with E-state index in [0.717, 1.165) is 32.9 Å². The molecule has 4 N–H and O–H groups in total. The Kier molecular flexibility index (Phi) is 5.20. The highest BCUT2D eigenvalue weighted by Crippen LogP contribution is 2.28. The molecule has 0 amide bonds. The molecule has 0 spiro atoms. The molecule has 5 aromatic rings. The van der Waals surface area contributed by atoms with Crippen LogP contribution in [0.15, 0.2) is 84.9 Å². The van der Waals surface area contributed by atoms with E-state index < -0.39 is 14.2 Å². The lowest BCUT2D eigenvalue weighted by Gasteiger charge is -2.09. The third-order valence-electron chi connectivity index (χ3n) is 5.48. The summed E-state index contributed by atoms with van der Waals surface area (Å²) in [4.78, 5) is 9.70. The van der Waals surface area contributed by atoms with Crippen molar-refractivity contribution in [2.24, 2.45) is 0 Å². The van der Waals surface area contributed by atoms with Gasteiger partial charge in [0.25, 0.3) is 0 Å². The molecule has 6 nitrogen and oxygen atoms in total. The maximum Gasteiger partial charge on any atom is 0.488 e. The van der Waals surface area contributed by atoms with Crippen molar-refractivity contribution in [1.82, 2.24) is 9.97 Å². The number of nitrogens with zero attached hydrogens (tertiary/aromatic N) is 2. The first-order valence-corrected chi connectivity index (χ1v) is 10.1. The Bertz CT molecular complexity index is 1350. The normalized spacial score (nSPS) is 11.1. The van der Waals surface area contributed by atoms with E-state index in [1.807, 2.05) is 48.5 Å². The lowest BCUT2D eigenvalue weighted by Crippen LogP contribution is -2.29.